The van der Waals surface area contributed by atoms with Gasteiger partial charge in [0.15, 0.2) is 0 Å². The van der Waals surface area contributed by atoms with Gasteiger partial charge in [0.1, 0.15) is 6.33 Å². The number of sulfonamides is 1. The Labute approximate surface area is 109 Å². The van der Waals surface area contributed by atoms with Crippen LogP contribution in [0.4, 0.5) is 11.9 Å². The number of nitrogens with two attached hydrogens (primary N) is 2. The van der Waals surface area contributed by atoms with Gasteiger partial charge in [-0.15, -0.1) is 0 Å². The molecule has 2 aromatic heterocycles. The first-order valence-corrected chi connectivity index (χ1v) is 6.90. The standard InChI is InChI=1S/C8H12N8O2S/c9-6-13-7(12-2-4-19(10,17)18)15-8(14-6)16-3-1-11-5-16/h1,3,5H,2,4H2,(H2,10,17,18)(H3,9,12,13,14,15). The van der Waals surface area contributed by atoms with Crippen LogP contribution in [-0.4, -0.2) is 45.2 Å². The molecule has 0 aliphatic carbocycles. The summed E-state index contributed by atoms with van der Waals surface area (Å²) in [6.07, 6.45) is 4.71. The first-order chi connectivity index (χ1) is 8.94. The van der Waals surface area contributed by atoms with Gasteiger partial charge in [-0.1, -0.05) is 0 Å². The molecule has 102 valence electrons. The topological polar surface area (TPSA) is 155 Å². The second-order valence-electron chi connectivity index (χ2n) is 3.58. The average molecular weight is 284 g/mol. The van der Waals surface area contributed by atoms with Gasteiger partial charge in [-0.3, -0.25) is 4.57 Å². The van der Waals surface area contributed by atoms with Crippen molar-refractivity contribution in [1.82, 2.24) is 24.5 Å². The molecule has 0 radical (unpaired) electrons. The predicted octanol–water partition coefficient (Wildman–Crippen LogP) is -1.66. The molecule has 0 bridgehead atoms. The van der Waals surface area contributed by atoms with Crippen LogP contribution >= 0.6 is 0 Å². The molecule has 0 saturated heterocycles. The van der Waals surface area contributed by atoms with Crippen LogP contribution < -0.4 is 16.2 Å². The van der Waals surface area contributed by atoms with Crippen LogP contribution in [0.2, 0.25) is 0 Å². The molecule has 0 unspecified atom stereocenters. The number of aromatic nitrogens is 5. The fourth-order valence-electron chi connectivity index (χ4n) is 1.26. The number of nitrogen functional groups attached to an aromatic ring is 1. The van der Waals surface area contributed by atoms with Gasteiger partial charge in [0.2, 0.25) is 27.9 Å². The average Bonchev–Trinajstić information content (AvgIpc) is 2.79. The van der Waals surface area contributed by atoms with Crippen molar-refractivity contribution >= 4 is 21.9 Å². The van der Waals surface area contributed by atoms with Crippen LogP contribution in [-0.2, 0) is 10.0 Å². The van der Waals surface area contributed by atoms with Crippen molar-refractivity contribution in [3.8, 4) is 5.95 Å². The Morgan fingerprint density at radius 1 is 1.32 bits per heavy atom. The lowest BCUT2D eigenvalue weighted by Crippen LogP contribution is -2.23. The maximum absolute atomic E-state index is 10.8. The fourth-order valence-corrected chi connectivity index (χ4v) is 1.64. The van der Waals surface area contributed by atoms with Crippen LogP contribution in [0.3, 0.4) is 0 Å². The molecular formula is C8H12N8O2S. The van der Waals surface area contributed by atoms with Gasteiger partial charge >= 0.3 is 0 Å². The predicted molar refractivity (Wildman–Crippen MR) is 67.8 cm³/mol. The molecule has 0 spiro atoms. The summed E-state index contributed by atoms with van der Waals surface area (Å²) in [5.41, 5.74) is 5.54. The van der Waals surface area contributed by atoms with Gasteiger partial charge in [0.05, 0.1) is 5.75 Å². The minimum absolute atomic E-state index is 0.0109. The van der Waals surface area contributed by atoms with Crippen molar-refractivity contribution in [2.75, 3.05) is 23.3 Å². The third-order valence-corrected chi connectivity index (χ3v) is 2.82. The Balaban J connectivity index is 2.14. The van der Waals surface area contributed by atoms with Gasteiger partial charge in [-0.2, -0.15) is 15.0 Å². The van der Waals surface area contributed by atoms with E-state index in [9.17, 15) is 8.42 Å². The lowest BCUT2D eigenvalue weighted by Gasteiger charge is -2.06. The first kappa shape index (κ1) is 13.2. The first-order valence-electron chi connectivity index (χ1n) is 5.18. The van der Waals surface area contributed by atoms with E-state index in [1.807, 2.05) is 0 Å². The minimum Gasteiger partial charge on any atom is -0.368 e. The van der Waals surface area contributed by atoms with E-state index in [0.29, 0.717) is 0 Å². The van der Waals surface area contributed by atoms with Crippen LogP contribution in [0.15, 0.2) is 18.7 Å². The normalized spacial score (nSPS) is 11.4. The Bertz CT molecular complexity index is 653. The summed E-state index contributed by atoms with van der Waals surface area (Å²) < 4.78 is 23.1. The molecular weight excluding hydrogens is 272 g/mol. The number of nitrogens with zero attached hydrogens (tertiary/aromatic N) is 5. The Morgan fingerprint density at radius 3 is 2.74 bits per heavy atom. The summed E-state index contributed by atoms with van der Waals surface area (Å²) in [4.78, 5) is 15.7. The monoisotopic (exact) mass is 284 g/mol. The molecule has 0 aliphatic heterocycles. The van der Waals surface area contributed by atoms with Crippen molar-refractivity contribution in [3.05, 3.63) is 18.7 Å². The zero-order valence-electron chi connectivity index (χ0n) is 9.76. The SMILES string of the molecule is Nc1nc(NCCS(N)(=O)=O)nc(-n2ccnc2)n1. The molecule has 0 amide bonds. The highest BCUT2D eigenvalue weighted by Gasteiger charge is 2.07. The summed E-state index contributed by atoms with van der Waals surface area (Å²) in [6, 6.07) is 0. The molecule has 0 fully saturated rings. The highest BCUT2D eigenvalue weighted by Crippen LogP contribution is 2.06. The summed E-state index contributed by atoms with van der Waals surface area (Å²) in [7, 11) is -3.54. The van der Waals surface area contributed by atoms with Crippen LogP contribution in [0.5, 0.6) is 0 Å². The summed E-state index contributed by atoms with van der Waals surface area (Å²) in [5.74, 6) is 0.221. The third-order valence-electron chi connectivity index (χ3n) is 2.05. The Kier molecular flexibility index (Phi) is 3.57. The Hall–Kier alpha value is -2.27. The second kappa shape index (κ2) is 5.16. The zero-order valence-corrected chi connectivity index (χ0v) is 10.6. The number of anilines is 2. The molecule has 2 rings (SSSR count). The summed E-state index contributed by atoms with van der Waals surface area (Å²) >= 11 is 0. The number of hydrogen-bond acceptors (Lipinski definition) is 8. The third kappa shape index (κ3) is 3.86. The van der Waals surface area contributed by atoms with Crippen LogP contribution in [0, 0.1) is 0 Å². The van der Waals surface area contributed by atoms with Crippen LogP contribution in [0.1, 0.15) is 0 Å². The lowest BCUT2D eigenvalue weighted by atomic mass is 10.7. The minimum atomic E-state index is -3.54. The molecule has 2 aromatic rings. The van der Waals surface area contributed by atoms with Crippen molar-refractivity contribution in [2.45, 2.75) is 0 Å². The van der Waals surface area contributed by atoms with E-state index >= 15 is 0 Å². The van der Waals surface area contributed by atoms with E-state index in [2.05, 4.69) is 25.3 Å². The quantitative estimate of drug-likeness (QED) is 0.589. The van der Waals surface area contributed by atoms with Crippen molar-refractivity contribution in [3.63, 3.8) is 0 Å². The van der Waals surface area contributed by atoms with E-state index in [0.717, 1.165) is 0 Å². The van der Waals surface area contributed by atoms with Gasteiger partial charge < -0.3 is 11.1 Å². The van der Waals surface area contributed by atoms with E-state index < -0.39 is 10.0 Å². The number of primary sulfonamides is 1. The highest BCUT2D eigenvalue weighted by atomic mass is 32.2. The number of rotatable bonds is 5. The summed E-state index contributed by atoms with van der Waals surface area (Å²) in [5, 5.41) is 7.59. The van der Waals surface area contributed by atoms with E-state index in [4.69, 9.17) is 10.9 Å². The lowest BCUT2D eigenvalue weighted by molar-refractivity contribution is 0.598. The van der Waals surface area contributed by atoms with Crippen molar-refractivity contribution in [2.24, 2.45) is 5.14 Å². The maximum atomic E-state index is 10.8. The fraction of sp³-hybridized carbons (Fsp3) is 0.250. The van der Waals surface area contributed by atoms with Crippen molar-refractivity contribution in [1.29, 1.82) is 0 Å². The van der Waals surface area contributed by atoms with Gasteiger partial charge in [0, 0.05) is 18.9 Å². The highest BCUT2D eigenvalue weighted by molar-refractivity contribution is 7.89. The maximum Gasteiger partial charge on any atom is 0.241 e. The molecule has 19 heavy (non-hydrogen) atoms. The second-order valence-corrected chi connectivity index (χ2v) is 5.31. The smallest absolute Gasteiger partial charge is 0.241 e. The van der Waals surface area contributed by atoms with Crippen LogP contribution in [0.25, 0.3) is 5.95 Å². The molecule has 0 saturated carbocycles. The van der Waals surface area contributed by atoms with E-state index in [1.165, 1.54) is 6.33 Å². The number of nitrogens with one attached hydrogen (secondary N) is 1. The van der Waals surface area contributed by atoms with Gasteiger partial charge in [0.25, 0.3) is 0 Å². The number of hydrogen-bond donors (Lipinski definition) is 3. The molecule has 0 aromatic carbocycles. The molecule has 0 atom stereocenters. The van der Waals surface area contributed by atoms with E-state index in [-0.39, 0.29) is 30.1 Å². The molecule has 11 heteroatoms. The largest absolute Gasteiger partial charge is 0.368 e. The molecule has 0 aliphatic rings. The summed E-state index contributed by atoms with van der Waals surface area (Å²) in [6.45, 7) is 0.0751. The van der Waals surface area contributed by atoms with Crippen molar-refractivity contribution < 1.29 is 8.42 Å². The Morgan fingerprint density at radius 2 is 2.11 bits per heavy atom. The zero-order chi connectivity index (χ0) is 13.9. The van der Waals surface area contributed by atoms with Gasteiger partial charge in [-0.25, -0.2) is 18.5 Å². The molecule has 10 nitrogen and oxygen atoms in total. The van der Waals surface area contributed by atoms with Gasteiger partial charge in [-0.05, 0) is 0 Å². The molecule has 5 N–H and O–H groups in total. The molecule has 2 heterocycles. The van der Waals surface area contributed by atoms with E-state index in [1.54, 1.807) is 17.0 Å². The number of imidazole rings is 1.